The van der Waals surface area contributed by atoms with Gasteiger partial charge >= 0.3 is 5.97 Å². The molecule has 1 unspecified atom stereocenters. The summed E-state index contributed by atoms with van der Waals surface area (Å²) in [6, 6.07) is 3.21. The van der Waals surface area contributed by atoms with Crippen LogP contribution in [0.2, 0.25) is 0 Å². The highest BCUT2D eigenvalue weighted by Crippen LogP contribution is 2.05. The molecule has 0 saturated heterocycles. The van der Waals surface area contributed by atoms with Crippen LogP contribution in [0.25, 0.3) is 0 Å². The zero-order valence-electron chi connectivity index (χ0n) is 11.4. The molecule has 1 aromatic rings. The molecule has 1 atom stereocenters. The minimum atomic E-state index is -0.986. The number of carbonyl (C=O) groups excluding carboxylic acids is 1. The first kappa shape index (κ1) is 15.1. The Morgan fingerprint density at radius 1 is 1.47 bits per heavy atom. The van der Waals surface area contributed by atoms with Crippen molar-refractivity contribution in [1.82, 2.24) is 15.2 Å². The van der Waals surface area contributed by atoms with Crippen molar-refractivity contribution in [3.63, 3.8) is 0 Å². The van der Waals surface area contributed by atoms with Crippen LogP contribution in [0.4, 0.5) is 0 Å². The fraction of sp³-hybridized carbons (Fsp3) is 0.462. The molecule has 0 bridgehead atoms. The number of carboxylic acids is 1. The summed E-state index contributed by atoms with van der Waals surface area (Å²) >= 11 is 0. The number of carboxylic acid groups (broad SMARTS) is 1. The van der Waals surface area contributed by atoms with Crippen molar-refractivity contribution < 1.29 is 14.7 Å². The molecule has 0 radical (unpaired) electrons. The van der Waals surface area contributed by atoms with E-state index < -0.39 is 5.97 Å². The Labute approximate surface area is 112 Å². The van der Waals surface area contributed by atoms with Gasteiger partial charge in [0.05, 0.1) is 11.3 Å². The van der Waals surface area contributed by atoms with Gasteiger partial charge in [-0.2, -0.15) is 0 Å². The maximum Gasteiger partial charge on any atom is 0.337 e. The Bertz CT molecular complexity index is 445. The largest absolute Gasteiger partial charge is 0.478 e. The zero-order chi connectivity index (χ0) is 14.4. The number of rotatable bonds is 6. The van der Waals surface area contributed by atoms with Crippen molar-refractivity contribution in [2.45, 2.75) is 13.5 Å². The van der Waals surface area contributed by atoms with Crippen molar-refractivity contribution in [3.8, 4) is 0 Å². The van der Waals surface area contributed by atoms with E-state index in [-0.39, 0.29) is 17.4 Å². The van der Waals surface area contributed by atoms with Gasteiger partial charge in [0.2, 0.25) is 5.91 Å². The van der Waals surface area contributed by atoms with Crippen LogP contribution in [-0.4, -0.2) is 47.5 Å². The van der Waals surface area contributed by atoms with Crippen molar-refractivity contribution in [1.29, 1.82) is 0 Å². The molecular weight excluding hydrogens is 246 g/mol. The standard InChI is InChI=1S/C13H19N3O3/c1-9(12(17)14-2)7-16(3)8-11-5-4-10(6-15-11)13(18)19/h4-6,9H,7-8H2,1-3H3,(H,14,17)(H,18,19). The lowest BCUT2D eigenvalue weighted by Crippen LogP contribution is -2.34. The third-order valence-electron chi connectivity index (χ3n) is 2.78. The molecule has 0 aliphatic heterocycles. The molecule has 6 heteroatoms. The third-order valence-corrected chi connectivity index (χ3v) is 2.78. The number of carbonyl (C=O) groups is 2. The SMILES string of the molecule is CNC(=O)C(C)CN(C)Cc1ccc(C(=O)O)cn1. The molecule has 0 aliphatic carbocycles. The summed E-state index contributed by atoms with van der Waals surface area (Å²) in [4.78, 5) is 28.2. The Hall–Kier alpha value is -1.95. The Kier molecular flexibility index (Phi) is 5.44. The highest BCUT2D eigenvalue weighted by atomic mass is 16.4. The highest BCUT2D eigenvalue weighted by molar-refractivity contribution is 5.87. The molecule has 0 fully saturated rings. The quantitative estimate of drug-likeness (QED) is 0.786. The van der Waals surface area contributed by atoms with Crippen LogP contribution < -0.4 is 5.32 Å². The maximum atomic E-state index is 11.4. The lowest BCUT2D eigenvalue weighted by atomic mass is 10.1. The van der Waals surface area contributed by atoms with Crippen LogP contribution in [-0.2, 0) is 11.3 Å². The van der Waals surface area contributed by atoms with E-state index in [1.54, 1.807) is 13.1 Å². The average molecular weight is 265 g/mol. The summed E-state index contributed by atoms with van der Waals surface area (Å²) in [6.45, 7) is 3.04. The van der Waals surface area contributed by atoms with E-state index >= 15 is 0 Å². The first-order valence-electron chi connectivity index (χ1n) is 6.02. The summed E-state index contributed by atoms with van der Waals surface area (Å²) in [5.41, 5.74) is 0.946. The predicted octanol–water partition coefficient (Wildman–Crippen LogP) is 0.594. The number of pyridine rings is 1. The number of hydrogen-bond donors (Lipinski definition) is 2. The summed E-state index contributed by atoms with van der Waals surface area (Å²) in [5.74, 6) is -1.09. The van der Waals surface area contributed by atoms with Crippen LogP contribution in [0, 0.1) is 5.92 Å². The van der Waals surface area contributed by atoms with E-state index in [0.717, 1.165) is 5.69 Å². The molecule has 6 nitrogen and oxygen atoms in total. The van der Waals surface area contributed by atoms with Crippen molar-refractivity contribution in [2.24, 2.45) is 5.92 Å². The number of nitrogens with one attached hydrogen (secondary N) is 1. The summed E-state index contributed by atoms with van der Waals surface area (Å²) < 4.78 is 0. The van der Waals surface area contributed by atoms with Crippen LogP contribution in [0.3, 0.4) is 0 Å². The molecule has 0 aromatic carbocycles. The van der Waals surface area contributed by atoms with Crippen LogP contribution >= 0.6 is 0 Å². The zero-order valence-corrected chi connectivity index (χ0v) is 11.4. The Morgan fingerprint density at radius 2 is 2.16 bits per heavy atom. The molecule has 1 rings (SSSR count). The molecule has 1 aromatic heterocycles. The van der Waals surface area contributed by atoms with Gasteiger partial charge in [-0.25, -0.2) is 4.79 Å². The fourth-order valence-corrected chi connectivity index (χ4v) is 1.78. The summed E-state index contributed by atoms with van der Waals surface area (Å²) in [6.07, 6.45) is 1.34. The summed E-state index contributed by atoms with van der Waals surface area (Å²) in [7, 11) is 3.51. The molecule has 19 heavy (non-hydrogen) atoms. The van der Waals surface area contributed by atoms with Gasteiger partial charge in [-0.05, 0) is 19.2 Å². The van der Waals surface area contributed by atoms with Gasteiger partial charge in [-0.3, -0.25) is 14.7 Å². The second-order valence-electron chi connectivity index (χ2n) is 4.56. The van der Waals surface area contributed by atoms with Gasteiger partial charge < -0.3 is 10.4 Å². The Morgan fingerprint density at radius 3 is 2.63 bits per heavy atom. The van der Waals surface area contributed by atoms with E-state index in [1.807, 2.05) is 18.9 Å². The number of amides is 1. The normalized spacial score (nSPS) is 12.2. The van der Waals surface area contributed by atoms with E-state index in [4.69, 9.17) is 5.11 Å². The van der Waals surface area contributed by atoms with E-state index in [2.05, 4.69) is 10.3 Å². The van der Waals surface area contributed by atoms with E-state index in [0.29, 0.717) is 13.1 Å². The molecule has 104 valence electrons. The highest BCUT2D eigenvalue weighted by Gasteiger charge is 2.14. The molecular formula is C13H19N3O3. The second-order valence-corrected chi connectivity index (χ2v) is 4.56. The average Bonchev–Trinajstić information content (AvgIpc) is 2.38. The smallest absolute Gasteiger partial charge is 0.337 e. The monoisotopic (exact) mass is 265 g/mol. The van der Waals surface area contributed by atoms with Gasteiger partial charge in [0.25, 0.3) is 0 Å². The Balaban J connectivity index is 2.54. The molecule has 1 heterocycles. The summed E-state index contributed by atoms with van der Waals surface area (Å²) in [5, 5.41) is 11.4. The van der Waals surface area contributed by atoms with Crippen LogP contribution in [0.15, 0.2) is 18.3 Å². The minimum absolute atomic E-state index is 0.000958. The first-order chi connectivity index (χ1) is 8.93. The van der Waals surface area contributed by atoms with Gasteiger partial charge in [0.1, 0.15) is 0 Å². The third kappa shape index (κ3) is 4.67. The van der Waals surface area contributed by atoms with Crippen molar-refractivity contribution in [2.75, 3.05) is 20.6 Å². The maximum absolute atomic E-state index is 11.4. The number of aromatic carboxylic acids is 1. The van der Waals surface area contributed by atoms with Crippen LogP contribution in [0.1, 0.15) is 23.0 Å². The van der Waals surface area contributed by atoms with Gasteiger partial charge in [0.15, 0.2) is 0 Å². The van der Waals surface area contributed by atoms with E-state index in [9.17, 15) is 9.59 Å². The van der Waals surface area contributed by atoms with Crippen molar-refractivity contribution in [3.05, 3.63) is 29.6 Å². The molecule has 2 N–H and O–H groups in total. The van der Waals surface area contributed by atoms with Gasteiger partial charge in [-0.15, -0.1) is 0 Å². The van der Waals surface area contributed by atoms with Gasteiger partial charge in [-0.1, -0.05) is 6.92 Å². The topological polar surface area (TPSA) is 82.5 Å². The minimum Gasteiger partial charge on any atom is -0.478 e. The number of nitrogens with zero attached hydrogens (tertiary/aromatic N) is 2. The number of aromatic nitrogens is 1. The lowest BCUT2D eigenvalue weighted by Gasteiger charge is -2.19. The number of hydrogen-bond acceptors (Lipinski definition) is 4. The van der Waals surface area contributed by atoms with Crippen molar-refractivity contribution >= 4 is 11.9 Å². The molecule has 1 amide bonds. The second kappa shape index (κ2) is 6.84. The molecule has 0 aliphatic rings. The molecule has 0 spiro atoms. The lowest BCUT2D eigenvalue weighted by molar-refractivity contribution is -0.124. The van der Waals surface area contributed by atoms with Crippen LogP contribution in [0.5, 0.6) is 0 Å². The molecule has 0 saturated carbocycles. The van der Waals surface area contributed by atoms with E-state index in [1.165, 1.54) is 12.3 Å². The van der Waals surface area contributed by atoms with Gasteiger partial charge in [0, 0.05) is 32.3 Å². The first-order valence-corrected chi connectivity index (χ1v) is 6.02. The fourth-order valence-electron chi connectivity index (χ4n) is 1.78. The predicted molar refractivity (Wildman–Crippen MR) is 70.8 cm³/mol.